The lowest BCUT2D eigenvalue weighted by Gasteiger charge is -2.13. The zero-order valence-corrected chi connectivity index (χ0v) is 20.9. The van der Waals surface area contributed by atoms with Gasteiger partial charge in [-0.3, -0.25) is 9.69 Å². The summed E-state index contributed by atoms with van der Waals surface area (Å²) in [5.41, 5.74) is 3.32. The maximum absolute atomic E-state index is 12.6. The van der Waals surface area contributed by atoms with Gasteiger partial charge in [-0.2, -0.15) is 0 Å². The third-order valence-corrected chi connectivity index (χ3v) is 6.42. The Balaban J connectivity index is 1.59. The summed E-state index contributed by atoms with van der Waals surface area (Å²) in [7, 11) is 0. The van der Waals surface area contributed by atoms with E-state index in [4.69, 9.17) is 26.4 Å². The van der Waals surface area contributed by atoms with Gasteiger partial charge in [0.05, 0.1) is 24.7 Å². The second-order valence-electron chi connectivity index (χ2n) is 7.52. The number of hydrogen-bond acceptors (Lipinski definition) is 6. The van der Waals surface area contributed by atoms with Gasteiger partial charge in [-0.05, 0) is 67.8 Å². The van der Waals surface area contributed by atoms with Gasteiger partial charge in [-0.15, -0.1) is 6.58 Å². The van der Waals surface area contributed by atoms with E-state index in [1.165, 1.54) is 22.9 Å². The van der Waals surface area contributed by atoms with E-state index in [9.17, 15) is 4.79 Å². The van der Waals surface area contributed by atoms with Gasteiger partial charge in [0.1, 0.15) is 10.1 Å². The zero-order valence-electron chi connectivity index (χ0n) is 19.3. The fourth-order valence-electron chi connectivity index (χ4n) is 3.17. The summed E-state index contributed by atoms with van der Waals surface area (Å²) >= 11 is 6.60. The predicted molar refractivity (Wildman–Crippen MR) is 139 cm³/mol. The molecule has 1 aliphatic rings. The summed E-state index contributed by atoms with van der Waals surface area (Å²) in [6.07, 6.45) is 4.23. The number of hydrogen-bond donors (Lipinski definition) is 0. The Morgan fingerprint density at radius 3 is 2.55 bits per heavy atom. The van der Waals surface area contributed by atoms with Crippen molar-refractivity contribution in [1.82, 2.24) is 4.90 Å². The van der Waals surface area contributed by atoms with Crippen LogP contribution >= 0.6 is 24.0 Å². The molecule has 0 N–H and O–H groups in total. The van der Waals surface area contributed by atoms with Crippen LogP contribution in [-0.4, -0.2) is 41.5 Å². The SMILES string of the molecule is C=CCN1C(=O)/C(=C\c2ccc(OCCCOc3ccc(C)c(C)c3)c(OCC)c2)SC1=S. The Hall–Kier alpha value is -2.77. The Kier molecular flexibility index (Phi) is 8.97. The van der Waals surface area contributed by atoms with Crippen molar-refractivity contribution in [2.24, 2.45) is 0 Å². The van der Waals surface area contributed by atoms with E-state index in [2.05, 4.69) is 26.5 Å². The molecule has 1 fully saturated rings. The molecular formula is C26H29NO4S2. The standard InChI is InChI=1S/C26H29NO4S2/c1-5-12-27-25(28)24(33-26(27)32)17-20-9-11-22(23(16-20)29-6-2)31-14-7-13-30-21-10-8-18(3)19(4)15-21/h5,8-11,15-17H,1,6-7,12-14H2,2-4H3/b24-17+. The van der Waals surface area contributed by atoms with Crippen molar-refractivity contribution in [1.29, 1.82) is 0 Å². The minimum Gasteiger partial charge on any atom is -0.493 e. The molecule has 7 heteroatoms. The zero-order chi connectivity index (χ0) is 23.8. The van der Waals surface area contributed by atoms with Crippen LogP contribution in [0.25, 0.3) is 6.08 Å². The first kappa shape index (κ1) is 24.9. The van der Waals surface area contributed by atoms with Gasteiger partial charge in [-0.25, -0.2) is 0 Å². The van der Waals surface area contributed by atoms with Gasteiger partial charge in [0.15, 0.2) is 11.5 Å². The molecule has 1 saturated heterocycles. The lowest BCUT2D eigenvalue weighted by Crippen LogP contribution is -2.27. The first-order valence-corrected chi connectivity index (χ1v) is 12.1. The fraction of sp³-hybridized carbons (Fsp3) is 0.308. The number of thiocarbonyl (C=S) groups is 1. The van der Waals surface area contributed by atoms with Crippen LogP contribution in [0.5, 0.6) is 17.2 Å². The van der Waals surface area contributed by atoms with Crippen molar-refractivity contribution in [3.8, 4) is 17.2 Å². The summed E-state index contributed by atoms with van der Waals surface area (Å²) in [6, 6.07) is 11.8. The van der Waals surface area contributed by atoms with Gasteiger partial charge < -0.3 is 14.2 Å². The Morgan fingerprint density at radius 2 is 1.82 bits per heavy atom. The van der Waals surface area contributed by atoms with Crippen LogP contribution in [0.1, 0.15) is 30.0 Å². The number of benzene rings is 2. The second-order valence-corrected chi connectivity index (χ2v) is 9.19. The van der Waals surface area contributed by atoms with Crippen LogP contribution < -0.4 is 14.2 Å². The number of thioether (sulfide) groups is 1. The molecule has 0 atom stereocenters. The molecule has 0 spiro atoms. The van der Waals surface area contributed by atoms with E-state index in [1.54, 1.807) is 11.0 Å². The van der Waals surface area contributed by atoms with E-state index >= 15 is 0 Å². The predicted octanol–water partition coefficient (Wildman–Crippen LogP) is 5.94. The van der Waals surface area contributed by atoms with Crippen LogP contribution in [0.2, 0.25) is 0 Å². The topological polar surface area (TPSA) is 48.0 Å². The Morgan fingerprint density at radius 1 is 1.03 bits per heavy atom. The van der Waals surface area contributed by atoms with Gasteiger partial charge in [0, 0.05) is 13.0 Å². The monoisotopic (exact) mass is 483 g/mol. The molecule has 0 bridgehead atoms. The molecule has 2 aromatic carbocycles. The molecule has 33 heavy (non-hydrogen) atoms. The van der Waals surface area contributed by atoms with Crippen LogP contribution in [0, 0.1) is 13.8 Å². The number of nitrogens with zero attached hydrogens (tertiary/aromatic N) is 1. The summed E-state index contributed by atoms with van der Waals surface area (Å²) < 4.78 is 18.1. The lowest BCUT2D eigenvalue weighted by atomic mass is 10.1. The van der Waals surface area contributed by atoms with Gasteiger partial charge in [-0.1, -0.05) is 42.2 Å². The molecule has 0 aromatic heterocycles. The first-order valence-electron chi connectivity index (χ1n) is 10.9. The molecule has 3 rings (SSSR count). The highest BCUT2D eigenvalue weighted by atomic mass is 32.2. The highest BCUT2D eigenvalue weighted by molar-refractivity contribution is 8.26. The number of rotatable bonds is 11. The van der Waals surface area contributed by atoms with E-state index in [-0.39, 0.29) is 5.91 Å². The molecule has 0 aliphatic carbocycles. The van der Waals surface area contributed by atoms with Crippen molar-refractivity contribution < 1.29 is 19.0 Å². The number of amides is 1. The van der Waals surface area contributed by atoms with E-state index in [0.717, 1.165) is 17.7 Å². The number of carbonyl (C=O) groups is 1. The summed E-state index contributed by atoms with van der Waals surface area (Å²) in [5.74, 6) is 2.07. The molecule has 0 saturated carbocycles. The Labute approximate surface area is 205 Å². The summed E-state index contributed by atoms with van der Waals surface area (Å²) in [6.45, 7) is 11.8. The molecule has 1 amide bonds. The maximum Gasteiger partial charge on any atom is 0.266 e. The fourth-order valence-corrected chi connectivity index (χ4v) is 4.45. The van der Waals surface area contributed by atoms with Crippen LogP contribution in [0.3, 0.4) is 0 Å². The van der Waals surface area contributed by atoms with Gasteiger partial charge >= 0.3 is 0 Å². The number of aryl methyl sites for hydroxylation is 2. The van der Waals surface area contributed by atoms with Crippen molar-refractivity contribution >= 4 is 40.3 Å². The molecule has 1 aliphatic heterocycles. The maximum atomic E-state index is 12.6. The van der Waals surface area contributed by atoms with Crippen molar-refractivity contribution in [3.05, 3.63) is 70.6 Å². The largest absolute Gasteiger partial charge is 0.493 e. The molecular weight excluding hydrogens is 454 g/mol. The molecule has 1 heterocycles. The van der Waals surface area contributed by atoms with Crippen molar-refractivity contribution in [3.63, 3.8) is 0 Å². The molecule has 174 valence electrons. The summed E-state index contributed by atoms with van der Waals surface area (Å²) in [5, 5.41) is 0. The van der Waals surface area contributed by atoms with Crippen molar-refractivity contribution in [2.75, 3.05) is 26.4 Å². The number of carbonyl (C=O) groups excluding carboxylic acids is 1. The van der Waals surface area contributed by atoms with Crippen LogP contribution in [-0.2, 0) is 4.79 Å². The highest BCUT2D eigenvalue weighted by Gasteiger charge is 2.31. The van der Waals surface area contributed by atoms with E-state index in [1.807, 2.05) is 43.3 Å². The lowest BCUT2D eigenvalue weighted by molar-refractivity contribution is -0.121. The van der Waals surface area contributed by atoms with Gasteiger partial charge in [0.25, 0.3) is 5.91 Å². The molecule has 5 nitrogen and oxygen atoms in total. The van der Waals surface area contributed by atoms with Crippen LogP contribution in [0.4, 0.5) is 0 Å². The second kappa shape index (κ2) is 11.9. The van der Waals surface area contributed by atoms with Crippen LogP contribution in [0.15, 0.2) is 54.0 Å². The quantitative estimate of drug-likeness (QED) is 0.171. The smallest absolute Gasteiger partial charge is 0.266 e. The van der Waals surface area contributed by atoms with Crippen molar-refractivity contribution in [2.45, 2.75) is 27.2 Å². The average Bonchev–Trinajstić information content (AvgIpc) is 3.05. The average molecular weight is 484 g/mol. The van der Waals surface area contributed by atoms with E-state index < -0.39 is 0 Å². The number of ether oxygens (including phenoxy) is 3. The summed E-state index contributed by atoms with van der Waals surface area (Å²) in [4.78, 5) is 14.7. The first-order chi connectivity index (χ1) is 15.9. The molecule has 0 unspecified atom stereocenters. The molecule has 0 radical (unpaired) electrons. The third kappa shape index (κ3) is 6.62. The highest BCUT2D eigenvalue weighted by Crippen LogP contribution is 2.35. The van der Waals surface area contributed by atoms with E-state index in [0.29, 0.717) is 47.1 Å². The minimum atomic E-state index is -0.105. The normalized spacial score (nSPS) is 14.6. The third-order valence-electron chi connectivity index (χ3n) is 5.04. The Bertz CT molecular complexity index is 1060. The van der Waals surface area contributed by atoms with Gasteiger partial charge in [0.2, 0.25) is 0 Å². The minimum absolute atomic E-state index is 0.105. The molecule has 2 aromatic rings.